The summed E-state index contributed by atoms with van der Waals surface area (Å²) in [5.41, 5.74) is 5.93. The highest BCUT2D eigenvalue weighted by molar-refractivity contribution is 6.35. The second-order valence-corrected chi connectivity index (χ2v) is 8.85. The van der Waals surface area contributed by atoms with Gasteiger partial charge in [-0.1, -0.05) is 42.5 Å². The highest BCUT2D eigenvalue weighted by atomic mass is 16.2. The van der Waals surface area contributed by atoms with Gasteiger partial charge in [0.1, 0.15) is 5.70 Å². The molecule has 172 valence electrons. The Balaban J connectivity index is 1.48. The fourth-order valence-electron chi connectivity index (χ4n) is 4.64. The highest BCUT2D eigenvalue weighted by Gasteiger charge is 2.42. The van der Waals surface area contributed by atoms with Gasteiger partial charge < -0.3 is 9.80 Å². The Morgan fingerprint density at radius 1 is 0.765 bits per heavy atom. The zero-order valence-electron chi connectivity index (χ0n) is 19.6. The number of hydrogen-bond donors (Lipinski definition) is 0. The largest absolute Gasteiger partial charge is 0.368 e. The van der Waals surface area contributed by atoms with E-state index in [2.05, 4.69) is 26.9 Å². The lowest BCUT2D eigenvalue weighted by Gasteiger charge is -2.37. The second kappa shape index (κ2) is 9.14. The SMILES string of the molecule is Cc1ccc(C2=C(N3CCN(c4ccccc4)CC3)C(=O)N(Cc3ccccn3)C2=O)cc1C. The number of nitrogens with zero attached hydrogens (tertiary/aromatic N) is 4. The van der Waals surface area contributed by atoms with E-state index in [9.17, 15) is 9.59 Å². The van der Waals surface area contributed by atoms with E-state index in [0.717, 1.165) is 29.8 Å². The number of benzene rings is 2. The molecular weight excluding hydrogens is 424 g/mol. The number of para-hydroxylation sites is 1. The van der Waals surface area contributed by atoms with Gasteiger partial charge in [-0.05, 0) is 54.8 Å². The first-order valence-corrected chi connectivity index (χ1v) is 11.7. The van der Waals surface area contributed by atoms with Crippen LogP contribution in [0.4, 0.5) is 5.69 Å². The topological polar surface area (TPSA) is 56.8 Å². The molecular formula is C28H28N4O2. The number of pyridine rings is 1. The van der Waals surface area contributed by atoms with Crippen molar-refractivity contribution < 1.29 is 9.59 Å². The van der Waals surface area contributed by atoms with Gasteiger partial charge in [0.05, 0.1) is 17.8 Å². The summed E-state index contributed by atoms with van der Waals surface area (Å²) < 4.78 is 0. The van der Waals surface area contributed by atoms with Gasteiger partial charge in [-0.15, -0.1) is 0 Å². The number of anilines is 1. The molecule has 6 heteroatoms. The van der Waals surface area contributed by atoms with E-state index in [1.165, 1.54) is 10.6 Å². The maximum absolute atomic E-state index is 13.7. The third kappa shape index (κ3) is 4.07. The van der Waals surface area contributed by atoms with Crippen LogP contribution >= 0.6 is 0 Å². The second-order valence-electron chi connectivity index (χ2n) is 8.85. The normalized spacial score (nSPS) is 16.6. The number of amides is 2. The standard InChI is InChI=1S/C28H28N4O2/c1-20-11-12-22(18-21(20)2)25-26(28(34)32(27(25)33)19-23-8-6-7-13-29-23)31-16-14-30(15-17-31)24-9-4-3-5-10-24/h3-13,18H,14-17,19H2,1-2H3. The molecule has 0 spiro atoms. The zero-order valence-corrected chi connectivity index (χ0v) is 19.6. The first-order chi connectivity index (χ1) is 16.5. The van der Waals surface area contributed by atoms with Gasteiger partial charge in [-0.25, -0.2) is 0 Å². The molecule has 0 bridgehead atoms. The molecule has 3 heterocycles. The smallest absolute Gasteiger partial charge is 0.278 e. The van der Waals surface area contributed by atoms with Crippen LogP contribution in [0, 0.1) is 13.8 Å². The number of rotatable bonds is 5. The highest BCUT2D eigenvalue weighted by Crippen LogP contribution is 2.34. The van der Waals surface area contributed by atoms with Crippen LogP contribution in [0.25, 0.3) is 5.57 Å². The summed E-state index contributed by atoms with van der Waals surface area (Å²) in [5.74, 6) is -0.489. The van der Waals surface area contributed by atoms with Crippen molar-refractivity contribution in [2.24, 2.45) is 0 Å². The average molecular weight is 453 g/mol. The Labute approximate surface area is 200 Å². The van der Waals surface area contributed by atoms with Gasteiger partial charge >= 0.3 is 0 Å². The fourth-order valence-corrected chi connectivity index (χ4v) is 4.64. The summed E-state index contributed by atoms with van der Waals surface area (Å²) in [6.07, 6.45) is 1.68. The van der Waals surface area contributed by atoms with Crippen LogP contribution < -0.4 is 4.90 Å². The number of hydrogen-bond acceptors (Lipinski definition) is 5. The summed E-state index contributed by atoms with van der Waals surface area (Å²) in [7, 11) is 0. The molecule has 2 aromatic carbocycles. The molecule has 0 saturated carbocycles. The van der Waals surface area contributed by atoms with Crippen molar-refractivity contribution in [3.8, 4) is 0 Å². The van der Waals surface area contributed by atoms with Crippen LogP contribution in [0.5, 0.6) is 0 Å². The minimum atomic E-state index is -0.251. The van der Waals surface area contributed by atoms with E-state index in [1.54, 1.807) is 6.20 Å². The molecule has 2 aliphatic rings. The maximum atomic E-state index is 13.7. The monoisotopic (exact) mass is 452 g/mol. The summed E-state index contributed by atoms with van der Waals surface area (Å²) in [4.78, 5) is 37.4. The van der Waals surface area contributed by atoms with Crippen LogP contribution in [0.1, 0.15) is 22.4 Å². The number of carbonyl (C=O) groups excluding carboxylic acids is 2. The molecule has 2 aliphatic heterocycles. The zero-order chi connectivity index (χ0) is 23.7. The van der Waals surface area contributed by atoms with Crippen molar-refractivity contribution in [1.82, 2.24) is 14.8 Å². The van der Waals surface area contributed by atoms with Gasteiger partial charge in [-0.3, -0.25) is 19.5 Å². The third-order valence-electron chi connectivity index (χ3n) is 6.70. The minimum Gasteiger partial charge on any atom is -0.368 e. The quantitative estimate of drug-likeness (QED) is 0.551. The van der Waals surface area contributed by atoms with Crippen molar-refractivity contribution in [2.75, 3.05) is 31.1 Å². The van der Waals surface area contributed by atoms with Crippen LogP contribution in [0.2, 0.25) is 0 Å². The van der Waals surface area contributed by atoms with E-state index in [4.69, 9.17) is 0 Å². The molecule has 0 radical (unpaired) electrons. The van der Waals surface area contributed by atoms with Crippen LogP contribution in [0.3, 0.4) is 0 Å². The van der Waals surface area contributed by atoms with Gasteiger partial charge in [0.2, 0.25) is 0 Å². The first-order valence-electron chi connectivity index (χ1n) is 11.7. The molecule has 34 heavy (non-hydrogen) atoms. The van der Waals surface area contributed by atoms with Crippen molar-refractivity contribution in [2.45, 2.75) is 20.4 Å². The molecule has 1 aromatic heterocycles. The molecule has 0 aliphatic carbocycles. The average Bonchev–Trinajstić information content (AvgIpc) is 3.12. The van der Waals surface area contributed by atoms with Crippen molar-refractivity contribution in [3.05, 3.63) is 101 Å². The maximum Gasteiger partial charge on any atom is 0.278 e. The van der Waals surface area contributed by atoms with Gasteiger partial charge in [-0.2, -0.15) is 0 Å². The number of carbonyl (C=O) groups is 2. The van der Waals surface area contributed by atoms with E-state index in [1.807, 2.05) is 68.4 Å². The van der Waals surface area contributed by atoms with E-state index in [-0.39, 0.29) is 18.4 Å². The number of piperazine rings is 1. The fraction of sp³-hybridized carbons (Fsp3) is 0.250. The Morgan fingerprint density at radius 3 is 2.15 bits per heavy atom. The van der Waals surface area contributed by atoms with Crippen LogP contribution in [-0.2, 0) is 16.1 Å². The molecule has 0 N–H and O–H groups in total. The van der Waals surface area contributed by atoms with Gasteiger partial charge in [0, 0.05) is 38.1 Å². The van der Waals surface area contributed by atoms with E-state index < -0.39 is 0 Å². The van der Waals surface area contributed by atoms with E-state index >= 15 is 0 Å². The van der Waals surface area contributed by atoms with Crippen molar-refractivity contribution in [3.63, 3.8) is 0 Å². The first kappa shape index (κ1) is 21.9. The Hall–Kier alpha value is -3.93. The summed E-state index contributed by atoms with van der Waals surface area (Å²) in [5, 5.41) is 0. The Kier molecular flexibility index (Phi) is 5.88. The molecule has 0 unspecified atom stereocenters. The lowest BCUT2D eigenvalue weighted by Crippen LogP contribution is -2.47. The Morgan fingerprint density at radius 2 is 1.47 bits per heavy atom. The predicted molar refractivity (Wildman–Crippen MR) is 133 cm³/mol. The summed E-state index contributed by atoms with van der Waals surface area (Å²) in [6.45, 7) is 7.17. The molecule has 3 aromatic rings. The summed E-state index contributed by atoms with van der Waals surface area (Å²) in [6, 6.07) is 21.8. The molecule has 1 fully saturated rings. The molecule has 0 atom stereocenters. The lowest BCUT2D eigenvalue weighted by molar-refractivity contribution is -0.138. The molecule has 6 nitrogen and oxygen atoms in total. The molecule has 2 amide bonds. The Bertz CT molecular complexity index is 1250. The summed E-state index contributed by atoms with van der Waals surface area (Å²) >= 11 is 0. The number of aryl methyl sites for hydroxylation is 2. The van der Waals surface area contributed by atoms with Crippen molar-refractivity contribution in [1.29, 1.82) is 0 Å². The molecule has 1 saturated heterocycles. The van der Waals surface area contributed by atoms with E-state index in [0.29, 0.717) is 30.1 Å². The van der Waals surface area contributed by atoms with Crippen LogP contribution in [-0.4, -0.2) is 52.8 Å². The predicted octanol–water partition coefficient (Wildman–Crippen LogP) is 3.80. The van der Waals surface area contributed by atoms with Gasteiger partial charge in [0.25, 0.3) is 11.8 Å². The lowest BCUT2D eigenvalue weighted by atomic mass is 9.99. The number of aromatic nitrogens is 1. The molecule has 5 rings (SSSR count). The van der Waals surface area contributed by atoms with Crippen molar-refractivity contribution >= 4 is 23.1 Å². The minimum absolute atomic E-state index is 0.167. The van der Waals surface area contributed by atoms with Gasteiger partial charge in [0.15, 0.2) is 0 Å². The third-order valence-corrected chi connectivity index (χ3v) is 6.70. The van der Waals surface area contributed by atoms with Crippen LogP contribution in [0.15, 0.2) is 78.6 Å². The number of imide groups is 1.